The highest BCUT2D eigenvalue weighted by Crippen LogP contribution is 2.35. The van der Waals surface area contributed by atoms with Gasteiger partial charge < -0.3 is 9.50 Å². The smallest absolute Gasteiger partial charge is 0.339 e. The first-order chi connectivity index (χ1) is 17.1. The Morgan fingerprint density at radius 1 is 1.03 bits per heavy atom. The summed E-state index contributed by atoms with van der Waals surface area (Å²) in [6.45, 7) is 1.11. The summed E-state index contributed by atoms with van der Waals surface area (Å²) in [6, 6.07) is 17.4. The van der Waals surface area contributed by atoms with E-state index in [1.165, 1.54) is 67.6 Å². The molecule has 184 valence electrons. The van der Waals surface area contributed by atoms with E-state index >= 15 is 0 Å². The highest BCUT2D eigenvalue weighted by Gasteiger charge is 2.35. The number of anilines is 1. The Morgan fingerprint density at radius 2 is 1.69 bits per heavy atom. The van der Waals surface area contributed by atoms with Crippen LogP contribution >= 0.6 is 11.8 Å². The molecule has 1 aliphatic rings. The van der Waals surface area contributed by atoms with Gasteiger partial charge in [0.2, 0.25) is 5.91 Å². The highest BCUT2D eigenvalue weighted by atomic mass is 32.2. The number of thioether (sulfide) groups is 1. The molecular weight excluding hydrogens is 507 g/mol. The number of amides is 3. The highest BCUT2D eigenvalue weighted by molar-refractivity contribution is 8.18. The van der Waals surface area contributed by atoms with Crippen molar-refractivity contribution in [1.82, 2.24) is 4.90 Å². The zero-order valence-electron chi connectivity index (χ0n) is 18.8. The van der Waals surface area contributed by atoms with Crippen LogP contribution in [0.4, 0.5) is 14.9 Å². The fourth-order valence-electron chi connectivity index (χ4n) is 3.32. The number of hydrogen-bond donors (Lipinski definition) is 1. The Labute approximate surface area is 210 Å². The first-order valence-electron chi connectivity index (χ1n) is 10.5. The molecule has 3 aromatic carbocycles. The van der Waals surface area contributed by atoms with E-state index in [1.54, 1.807) is 18.2 Å². The Morgan fingerprint density at radius 3 is 2.39 bits per heavy atom. The van der Waals surface area contributed by atoms with Crippen LogP contribution in [0, 0.1) is 5.82 Å². The molecule has 1 heterocycles. The largest absolute Gasteiger partial charge is 0.378 e. The van der Waals surface area contributed by atoms with Crippen molar-refractivity contribution in [2.75, 3.05) is 5.32 Å². The summed E-state index contributed by atoms with van der Waals surface area (Å²) >= 11 is 0.668. The summed E-state index contributed by atoms with van der Waals surface area (Å²) in [5.41, 5.74) is 0.876. The number of halogens is 1. The number of para-hydroxylation sites is 1. The fourth-order valence-corrected chi connectivity index (χ4v) is 5.11. The van der Waals surface area contributed by atoms with Gasteiger partial charge in [0.05, 0.1) is 11.4 Å². The van der Waals surface area contributed by atoms with Gasteiger partial charge >= 0.3 is 10.1 Å². The number of rotatable bonds is 7. The average Bonchev–Trinajstić information content (AvgIpc) is 3.09. The quantitative estimate of drug-likeness (QED) is 0.348. The number of carbonyl (C=O) groups excluding carboxylic acids is 3. The standard InChI is InChI=1S/C25H19FN2O6S2/c1-16(29)27-19-10-12-20(13-11-19)36(32,33)34-22-9-5-3-6-17(22)14-23-24(30)28(25(31)35-23)15-18-7-2-4-8-21(18)26/h2-14H,15H2,1H3,(H,27,29)/b23-14-. The SMILES string of the molecule is CC(=O)Nc1ccc(S(=O)(=O)Oc2ccccc2/C=C2\SC(=O)N(Cc3ccccc3F)C2=O)cc1. The summed E-state index contributed by atoms with van der Waals surface area (Å²) < 4.78 is 45.0. The van der Waals surface area contributed by atoms with E-state index in [9.17, 15) is 27.2 Å². The molecule has 1 aliphatic heterocycles. The molecule has 4 rings (SSSR count). The Bertz CT molecular complexity index is 1490. The molecule has 0 aliphatic carbocycles. The van der Waals surface area contributed by atoms with E-state index in [4.69, 9.17) is 4.18 Å². The van der Waals surface area contributed by atoms with Gasteiger partial charge in [-0.15, -0.1) is 0 Å². The Hall–Kier alpha value is -3.96. The van der Waals surface area contributed by atoms with E-state index in [-0.39, 0.29) is 39.1 Å². The third-order valence-electron chi connectivity index (χ3n) is 5.03. The Balaban J connectivity index is 1.56. The van der Waals surface area contributed by atoms with Crippen LogP contribution in [-0.4, -0.2) is 30.4 Å². The predicted octanol–water partition coefficient (Wildman–Crippen LogP) is 4.79. The van der Waals surface area contributed by atoms with Crippen LogP contribution in [-0.2, 0) is 26.3 Å². The molecule has 1 fully saturated rings. The molecular formula is C25H19FN2O6S2. The number of hydrogen-bond acceptors (Lipinski definition) is 7. The van der Waals surface area contributed by atoms with Crippen molar-refractivity contribution in [3.05, 3.63) is 94.6 Å². The predicted molar refractivity (Wildman–Crippen MR) is 133 cm³/mol. The number of benzene rings is 3. The lowest BCUT2D eigenvalue weighted by molar-refractivity contribution is -0.123. The van der Waals surface area contributed by atoms with Crippen LogP contribution in [0.15, 0.2) is 82.6 Å². The van der Waals surface area contributed by atoms with Gasteiger partial charge in [0.15, 0.2) is 0 Å². The molecule has 36 heavy (non-hydrogen) atoms. The van der Waals surface area contributed by atoms with Crippen LogP contribution in [0.2, 0.25) is 0 Å². The van der Waals surface area contributed by atoms with Gasteiger partial charge in [-0.3, -0.25) is 19.3 Å². The molecule has 11 heteroatoms. The van der Waals surface area contributed by atoms with Crippen molar-refractivity contribution >= 4 is 50.7 Å². The number of nitrogens with one attached hydrogen (secondary N) is 1. The Kier molecular flexibility index (Phi) is 7.22. The molecule has 3 amide bonds. The minimum atomic E-state index is -4.25. The number of nitrogens with zero attached hydrogens (tertiary/aromatic N) is 1. The molecule has 0 bridgehead atoms. The van der Waals surface area contributed by atoms with Crippen molar-refractivity contribution in [3.8, 4) is 5.75 Å². The lowest BCUT2D eigenvalue weighted by Crippen LogP contribution is -2.27. The molecule has 1 saturated heterocycles. The number of carbonyl (C=O) groups is 3. The minimum Gasteiger partial charge on any atom is -0.378 e. The van der Waals surface area contributed by atoms with Crippen molar-refractivity contribution in [1.29, 1.82) is 0 Å². The second kappa shape index (κ2) is 10.3. The van der Waals surface area contributed by atoms with Gasteiger partial charge in [-0.05, 0) is 54.2 Å². The van der Waals surface area contributed by atoms with E-state index in [1.807, 2.05) is 0 Å². The fraction of sp³-hybridized carbons (Fsp3) is 0.0800. The van der Waals surface area contributed by atoms with Crippen molar-refractivity contribution in [3.63, 3.8) is 0 Å². The van der Waals surface area contributed by atoms with Gasteiger partial charge in [0.1, 0.15) is 16.5 Å². The molecule has 0 atom stereocenters. The summed E-state index contributed by atoms with van der Waals surface area (Å²) in [5.74, 6) is -1.51. The maximum absolute atomic E-state index is 14.0. The monoisotopic (exact) mass is 526 g/mol. The van der Waals surface area contributed by atoms with Gasteiger partial charge in [-0.2, -0.15) is 8.42 Å². The zero-order chi connectivity index (χ0) is 25.9. The normalized spacial score (nSPS) is 14.8. The molecule has 0 saturated carbocycles. The molecule has 3 aromatic rings. The summed E-state index contributed by atoms with van der Waals surface area (Å²) in [6.07, 6.45) is 1.36. The van der Waals surface area contributed by atoms with E-state index in [2.05, 4.69) is 5.32 Å². The molecule has 0 radical (unpaired) electrons. The van der Waals surface area contributed by atoms with Gasteiger partial charge in [0, 0.05) is 23.7 Å². The summed E-state index contributed by atoms with van der Waals surface area (Å²) in [4.78, 5) is 37.3. The minimum absolute atomic E-state index is 0.0458. The van der Waals surface area contributed by atoms with Gasteiger partial charge in [-0.25, -0.2) is 4.39 Å². The van der Waals surface area contributed by atoms with Crippen LogP contribution in [0.1, 0.15) is 18.1 Å². The van der Waals surface area contributed by atoms with Crippen LogP contribution in [0.25, 0.3) is 6.08 Å². The second-order valence-corrected chi connectivity index (χ2v) is 10.2. The van der Waals surface area contributed by atoms with Gasteiger partial charge in [0.25, 0.3) is 11.1 Å². The molecule has 0 spiro atoms. The second-order valence-electron chi connectivity index (χ2n) is 7.64. The van der Waals surface area contributed by atoms with Crippen LogP contribution < -0.4 is 9.50 Å². The maximum atomic E-state index is 14.0. The van der Waals surface area contributed by atoms with Crippen LogP contribution in [0.5, 0.6) is 5.75 Å². The lowest BCUT2D eigenvalue weighted by atomic mass is 10.1. The molecule has 0 unspecified atom stereocenters. The molecule has 8 nitrogen and oxygen atoms in total. The summed E-state index contributed by atoms with van der Waals surface area (Å²) in [7, 11) is -4.25. The maximum Gasteiger partial charge on any atom is 0.339 e. The third kappa shape index (κ3) is 5.64. The van der Waals surface area contributed by atoms with Crippen molar-refractivity contribution in [2.24, 2.45) is 0 Å². The number of imide groups is 1. The zero-order valence-corrected chi connectivity index (χ0v) is 20.4. The van der Waals surface area contributed by atoms with Gasteiger partial charge in [-0.1, -0.05) is 36.4 Å². The van der Waals surface area contributed by atoms with Crippen LogP contribution in [0.3, 0.4) is 0 Å². The molecule has 1 N–H and O–H groups in total. The molecule has 0 aromatic heterocycles. The average molecular weight is 527 g/mol. The first kappa shape index (κ1) is 25.1. The van der Waals surface area contributed by atoms with Crippen molar-refractivity contribution < 1.29 is 31.4 Å². The third-order valence-corrected chi connectivity index (χ3v) is 7.18. The first-order valence-corrected chi connectivity index (χ1v) is 12.8. The topological polar surface area (TPSA) is 110 Å². The van der Waals surface area contributed by atoms with E-state index in [0.717, 1.165) is 4.90 Å². The van der Waals surface area contributed by atoms with E-state index < -0.39 is 27.1 Å². The lowest BCUT2D eigenvalue weighted by Gasteiger charge is -2.13. The summed E-state index contributed by atoms with van der Waals surface area (Å²) in [5, 5.41) is 1.97. The van der Waals surface area contributed by atoms with E-state index in [0.29, 0.717) is 17.4 Å². The van der Waals surface area contributed by atoms with Crippen molar-refractivity contribution in [2.45, 2.75) is 18.4 Å².